The molecule has 18 heavy (non-hydrogen) atoms. The zero-order valence-corrected chi connectivity index (χ0v) is 10.6. The van der Waals surface area contributed by atoms with Crippen molar-refractivity contribution < 1.29 is 19.5 Å². The fourth-order valence-corrected chi connectivity index (χ4v) is 1.98. The Hall–Kier alpha value is -1.79. The number of hydrogen-bond acceptors (Lipinski definition) is 3. The van der Waals surface area contributed by atoms with Gasteiger partial charge in [-0.2, -0.15) is 0 Å². The van der Waals surface area contributed by atoms with Crippen LogP contribution in [0.1, 0.15) is 26.2 Å². The highest BCUT2D eigenvalue weighted by molar-refractivity contribution is 5.88. The van der Waals surface area contributed by atoms with E-state index in [1.807, 2.05) is 0 Å². The van der Waals surface area contributed by atoms with Gasteiger partial charge in [0.15, 0.2) is 0 Å². The van der Waals surface area contributed by atoms with Crippen LogP contribution in [0.25, 0.3) is 0 Å². The molecule has 1 aliphatic rings. The molecule has 7 nitrogen and oxygen atoms in total. The summed E-state index contributed by atoms with van der Waals surface area (Å²) < 4.78 is 0. The number of likely N-dealkylation sites (tertiary alicyclic amines) is 1. The lowest BCUT2D eigenvalue weighted by Crippen LogP contribution is -2.55. The second kappa shape index (κ2) is 6.23. The number of carbonyl (C=O) groups excluding carboxylic acids is 2. The molecule has 0 saturated carbocycles. The van der Waals surface area contributed by atoms with E-state index in [4.69, 9.17) is 5.11 Å². The number of nitrogens with one attached hydrogen (secondary N) is 2. The molecule has 0 radical (unpaired) electrons. The SMILES string of the molecule is CNC(=O)C(C)NC(=O)N1CCCCC1C(=O)O. The third-order valence-electron chi connectivity index (χ3n) is 3.03. The van der Waals surface area contributed by atoms with Gasteiger partial charge in [-0.1, -0.05) is 0 Å². The van der Waals surface area contributed by atoms with Gasteiger partial charge in [0, 0.05) is 13.6 Å². The number of likely N-dealkylation sites (N-methyl/N-ethyl adjacent to an activating group) is 1. The van der Waals surface area contributed by atoms with Crippen LogP contribution in [-0.2, 0) is 9.59 Å². The van der Waals surface area contributed by atoms with Crippen molar-refractivity contribution in [2.24, 2.45) is 0 Å². The minimum Gasteiger partial charge on any atom is -0.480 e. The average molecular weight is 257 g/mol. The molecule has 0 spiro atoms. The summed E-state index contributed by atoms with van der Waals surface area (Å²) in [6.45, 7) is 1.96. The van der Waals surface area contributed by atoms with Gasteiger partial charge in [-0.25, -0.2) is 9.59 Å². The molecule has 1 saturated heterocycles. The van der Waals surface area contributed by atoms with E-state index in [1.54, 1.807) is 6.92 Å². The Morgan fingerprint density at radius 1 is 1.33 bits per heavy atom. The molecule has 102 valence electrons. The first kappa shape index (κ1) is 14.3. The summed E-state index contributed by atoms with van der Waals surface area (Å²) in [6, 6.07) is -1.98. The van der Waals surface area contributed by atoms with Crippen LogP contribution in [0.4, 0.5) is 4.79 Å². The van der Waals surface area contributed by atoms with Crippen molar-refractivity contribution in [1.82, 2.24) is 15.5 Å². The van der Waals surface area contributed by atoms with Crippen molar-refractivity contribution >= 4 is 17.9 Å². The normalized spacial score (nSPS) is 21.0. The summed E-state index contributed by atoms with van der Waals surface area (Å²) >= 11 is 0. The summed E-state index contributed by atoms with van der Waals surface area (Å²) in [5, 5.41) is 14.0. The molecule has 1 aliphatic heterocycles. The Morgan fingerprint density at radius 2 is 2.00 bits per heavy atom. The quantitative estimate of drug-likeness (QED) is 0.650. The van der Waals surface area contributed by atoms with Crippen LogP contribution in [0.3, 0.4) is 0 Å². The van der Waals surface area contributed by atoms with Crippen molar-refractivity contribution in [2.45, 2.75) is 38.3 Å². The molecule has 3 N–H and O–H groups in total. The first-order valence-electron chi connectivity index (χ1n) is 5.99. The predicted octanol–water partition coefficient (Wildman–Crippen LogP) is -0.230. The van der Waals surface area contributed by atoms with Gasteiger partial charge in [0.25, 0.3) is 0 Å². The van der Waals surface area contributed by atoms with Crippen LogP contribution in [0.5, 0.6) is 0 Å². The molecule has 1 heterocycles. The van der Waals surface area contributed by atoms with Crippen molar-refractivity contribution in [3.8, 4) is 0 Å². The minimum atomic E-state index is -1.00. The summed E-state index contributed by atoms with van der Waals surface area (Å²) in [5.74, 6) is -1.32. The van der Waals surface area contributed by atoms with E-state index in [-0.39, 0.29) is 5.91 Å². The van der Waals surface area contributed by atoms with Gasteiger partial charge in [-0.15, -0.1) is 0 Å². The van der Waals surface area contributed by atoms with E-state index in [1.165, 1.54) is 11.9 Å². The number of carboxylic acid groups (broad SMARTS) is 1. The predicted molar refractivity (Wildman–Crippen MR) is 64.0 cm³/mol. The lowest BCUT2D eigenvalue weighted by atomic mass is 10.0. The topological polar surface area (TPSA) is 98.7 Å². The van der Waals surface area contributed by atoms with Gasteiger partial charge >= 0.3 is 12.0 Å². The van der Waals surface area contributed by atoms with Gasteiger partial charge < -0.3 is 20.6 Å². The van der Waals surface area contributed by atoms with E-state index in [0.29, 0.717) is 13.0 Å². The van der Waals surface area contributed by atoms with Crippen LogP contribution < -0.4 is 10.6 Å². The maximum Gasteiger partial charge on any atom is 0.326 e. The number of rotatable bonds is 3. The summed E-state index contributed by atoms with van der Waals surface area (Å²) in [7, 11) is 1.48. The number of nitrogens with zero attached hydrogens (tertiary/aromatic N) is 1. The highest BCUT2D eigenvalue weighted by Crippen LogP contribution is 2.17. The van der Waals surface area contributed by atoms with Crippen molar-refractivity contribution in [3.63, 3.8) is 0 Å². The molecular weight excluding hydrogens is 238 g/mol. The van der Waals surface area contributed by atoms with Gasteiger partial charge in [0.05, 0.1) is 0 Å². The Balaban J connectivity index is 2.63. The number of piperidine rings is 1. The molecule has 7 heteroatoms. The van der Waals surface area contributed by atoms with Crippen molar-refractivity contribution in [3.05, 3.63) is 0 Å². The lowest BCUT2D eigenvalue weighted by Gasteiger charge is -2.33. The molecule has 1 rings (SSSR count). The van der Waals surface area contributed by atoms with E-state index < -0.39 is 24.1 Å². The van der Waals surface area contributed by atoms with Crippen LogP contribution in [0.2, 0.25) is 0 Å². The number of urea groups is 1. The average Bonchev–Trinajstić information content (AvgIpc) is 2.37. The Kier molecular flexibility index (Phi) is 4.94. The highest BCUT2D eigenvalue weighted by Gasteiger charge is 2.32. The molecule has 0 bridgehead atoms. The summed E-state index contributed by atoms with van der Waals surface area (Å²) in [4.78, 5) is 35.5. The highest BCUT2D eigenvalue weighted by atomic mass is 16.4. The van der Waals surface area contributed by atoms with Crippen molar-refractivity contribution in [2.75, 3.05) is 13.6 Å². The smallest absolute Gasteiger partial charge is 0.326 e. The summed E-state index contributed by atoms with van der Waals surface area (Å²) in [5.41, 5.74) is 0. The number of hydrogen-bond donors (Lipinski definition) is 3. The molecule has 2 unspecified atom stereocenters. The van der Waals surface area contributed by atoms with E-state index in [2.05, 4.69) is 10.6 Å². The molecule has 0 aromatic carbocycles. The molecule has 0 aromatic rings. The third kappa shape index (κ3) is 3.35. The van der Waals surface area contributed by atoms with Crippen LogP contribution in [0, 0.1) is 0 Å². The first-order chi connectivity index (χ1) is 8.47. The zero-order chi connectivity index (χ0) is 13.7. The number of carbonyl (C=O) groups is 3. The monoisotopic (exact) mass is 257 g/mol. The van der Waals surface area contributed by atoms with Gasteiger partial charge in [0.1, 0.15) is 12.1 Å². The van der Waals surface area contributed by atoms with E-state index in [0.717, 1.165) is 12.8 Å². The first-order valence-corrected chi connectivity index (χ1v) is 5.99. The number of carboxylic acids is 1. The van der Waals surface area contributed by atoms with E-state index in [9.17, 15) is 14.4 Å². The Bertz CT molecular complexity index is 345. The van der Waals surface area contributed by atoms with Crippen LogP contribution in [-0.4, -0.2) is 53.6 Å². The summed E-state index contributed by atoms with van der Waals surface area (Å²) in [6.07, 6.45) is 2.04. The standard InChI is InChI=1S/C11H19N3O4/c1-7(9(15)12-2)13-11(18)14-6-4-3-5-8(14)10(16)17/h7-8H,3-6H2,1-2H3,(H,12,15)(H,13,18)(H,16,17). The Morgan fingerprint density at radius 3 is 2.56 bits per heavy atom. The minimum absolute atomic E-state index is 0.313. The second-order valence-corrected chi connectivity index (χ2v) is 4.33. The van der Waals surface area contributed by atoms with Gasteiger partial charge in [-0.3, -0.25) is 4.79 Å². The van der Waals surface area contributed by atoms with Gasteiger partial charge in [-0.05, 0) is 26.2 Å². The lowest BCUT2D eigenvalue weighted by molar-refractivity contribution is -0.143. The fraction of sp³-hybridized carbons (Fsp3) is 0.727. The maximum atomic E-state index is 11.9. The largest absolute Gasteiger partial charge is 0.480 e. The second-order valence-electron chi connectivity index (χ2n) is 4.33. The zero-order valence-electron chi connectivity index (χ0n) is 10.6. The number of amides is 3. The third-order valence-corrected chi connectivity index (χ3v) is 3.03. The molecule has 1 fully saturated rings. The molecule has 0 aliphatic carbocycles. The number of aliphatic carboxylic acids is 1. The fourth-order valence-electron chi connectivity index (χ4n) is 1.98. The molecule has 0 aromatic heterocycles. The Labute approximate surface area is 106 Å². The molecule has 3 amide bonds. The maximum absolute atomic E-state index is 11.9. The van der Waals surface area contributed by atoms with Crippen molar-refractivity contribution in [1.29, 1.82) is 0 Å². The van der Waals surface area contributed by atoms with E-state index >= 15 is 0 Å². The van der Waals surface area contributed by atoms with Gasteiger partial charge in [0.2, 0.25) is 5.91 Å². The van der Waals surface area contributed by atoms with Crippen LogP contribution >= 0.6 is 0 Å². The molecular formula is C11H19N3O4. The molecule has 2 atom stereocenters. The van der Waals surface area contributed by atoms with Crippen LogP contribution in [0.15, 0.2) is 0 Å².